The Balaban J connectivity index is 1.51. The molecule has 0 aliphatic carbocycles. The predicted octanol–water partition coefficient (Wildman–Crippen LogP) is 3.53. The van der Waals surface area contributed by atoms with Crippen molar-refractivity contribution < 1.29 is 4.79 Å². The van der Waals surface area contributed by atoms with E-state index in [1.807, 2.05) is 24.4 Å². The molecule has 2 heterocycles. The lowest BCUT2D eigenvalue weighted by molar-refractivity contribution is 0.0949. The highest BCUT2D eigenvalue weighted by molar-refractivity contribution is 5.92. The van der Waals surface area contributed by atoms with Crippen LogP contribution in [0.1, 0.15) is 42.2 Å². The zero-order valence-electron chi connectivity index (χ0n) is 15.1. The van der Waals surface area contributed by atoms with Crippen LogP contribution in [-0.2, 0) is 6.42 Å². The first-order chi connectivity index (χ1) is 12.8. The lowest BCUT2D eigenvalue weighted by Crippen LogP contribution is -2.26. The van der Waals surface area contributed by atoms with Crippen LogP contribution >= 0.6 is 0 Å². The van der Waals surface area contributed by atoms with Gasteiger partial charge in [-0.3, -0.25) is 4.79 Å². The predicted molar refractivity (Wildman–Crippen MR) is 104 cm³/mol. The number of nitrogens with one attached hydrogen (secondary N) is 3. The quantitative estimate of drug-likeness (QED) is 0.515. The smallest absolute Gasteiger partial charge is 0.270 e. The van der Waals surface area contributed by atoms with Crippen LogP contribution in [0.5, 0.6) is 0 Å². The van der Waals surface area contributed by atoms with Crippen molar-refractivity contribution in [2.24, 2.45) is 0 Å². The number of carbonyl (C=O) groups is 1. The van der Waals surface area contributed by atoms with Gasteiger partial charge in [-0.25, -0.2) is 9.97 Å². The molecule has 0 spiro atoms. The highest BCUT2D eigenvalue weighted by Crippen LogP contribution is 2.17. The van der Waals surface area contributed by atoms with E-state index in [1.54, 1.807) is 6.07 Å². The van der Waals surface area contributed by atoms with Crippen molar-refractivity contribution >= 4 is 22.6 Å². The summed E-state index contributed by atoms with van der Waals surface area (Å²) in [5, 5.41) is 7.37. The average molecular weight is 351 g/mol. The standard InChI is InChI=1S/C20H25N5O/c1-2-3-6-10-21-19-12-18(24-14-25-19)20(26)22-11-9-15-13-23-17-8-5-4-7-16(15)17/h4-5,7-8,12-14,23H,2-3,6,9-11H2,1H3,(H,22,26)(H,21,24,25). The number of amides is 1. The lowest BCUT2D eigenvalue weighted by Gasteiger charge is -2.07. The molecule has 0 atom stereocenters. The zero-order chi connectivity index (χ0) is 18.2. The summed E-state index contributed by atoms with van der Waals surface area (Å²) >= 11 is 0. The molecule has 0 aliphatic heterocycles. The fraction of sp³-hybridized carbons (Fsp3) is 0.350. The van der Waals surface area contributed by atoms with Gasteiger partial charge < -0.3 is 15.6 Å². The average Bonchev–Trinajstić information content (AvgIpc) is 3.09. The normalized spacial score (nSPS) is 10.8. The van der Waals surface area contributed by atoms with Crippen LogP contribution in [0.3, 0.4) is 0 Å². The summed E-state index contributed by atoms with van der Waals surface area (Å²) in [5.74, 6) is 0.515. The van der Waals surface area contributed by atoms with E-state index in [0.29, 0.717) is 18.1 Å². The number of nitrogens with zero attached hydrogens (tertiary/aromatic N) is 2. The third-order valence-electron chi connectivity index (χ3n) is 4.34. The number of anilines is 1. The monoisotopic (exact) mass is 351 g/mol. The van der Waals surface area contributed by atoms with Crippen molar-refractivity contribution in [1.29, 1.82) is 0 Å². The maximum atomic E-state index is 12.3. The minimum absolute atomic E-state index is 0.177. The van der Waals surface area contributed by atoms with Gasteiger partial charge in [-0.1, -0.05) is 38.0 Å². The van der Waals surface area contributed by atoms with Gasteiger partial charge in [0.15, 0.2) is 0 Å². The summed E-state index contributed by atoms with van der Waals surface area (Å²) in [7, 11) is 0. The maximum absolute atomic E-state index is 12.3. The molecule has 0 radical (unpaired) electrons. The summed E-state index contributed by atoms with van der Waals surface area (Å²) in [5.41, 5.74) is 2.70. The van der Waals surface area contributed by atoms with Crippen molar-refractivity contribution in [2.45, 2.75) is 32.6 Å². The number of carbonyl (C=O) groups excluding carboxylic acids is 1. The number of hydrogen-bond donors (Lipinski definition) is 3. The summed E-state index contributed by atoms with van der Waals surface area (Å²) in [4.78, 5) is 23.8. The molecule has 3 N–H and O–H groups in total. The van der Waals surface area contributed by atoms with Crippen molar-refractivity contribution in [3.8, 4) is 0 Å². The van der Waals surface area contributed by atoms with Gasteiger partial charge in [0.1, 0.15) is 17.8 Å². The Labute approximate surface area is 153 Å². The molecule has 0 bridgehead atoms. The molecular formula is C20H25N5O. The Morgan fingerprint density at radius 3 is 2.92 bits per heavy atom. The third-order valence-corrected chi connectivity index (χ3v) is 4.34. The number of benzene rings is 1. The van der Waals surface area contributed by atoms with Crippen LogP contribution < -0.4 is 10.6 Å². The number of aromatic amines is 1. The summed E-state index contributed by atoms with van der Waals surface area (Å²) in [6, 6.07) is 9.87. The second-order valence-electron chi connectivity index (χ2n) is 6.29. The van der Waals surface area contributed by atoms with Crippen LogP contribution in [0.4, 0.5) is 5.82 Å². The second-order valence-corrected chi connectivity index (χ2v) is 6.29. The summed E-state index contributed by atoms with van der Waals surface area (Å²) < 4.78 is 0. The molecule has 26 heavy (non-hydrogen) atoms. The molecule has 0 fully saturated rings. The van der Waals surface area contributed by atoms with E-state index >= 15 is 0 Å². The van der Waals surface area contributed by atoms with Crippen molar-refractivity contribution in [3.63, 3.8) is 0 Å². The number of unbranched alkanes of at least 4 members (excludes halogenated alkanes) is 2. The maximum Gasteiger partial charge on any atom is 0.270 e. The molecule has 2 aromatic heterocycles. The molecule has 6 heteroatoms. The number of aromatic nitrogens is 3. The van der Waals surface area contributed by atoms with E-state index in [-0.39, 0.29) is 5.91 Å². The third kappa shape index (κ3) is 4.59. The number of para-hydroxylation sites is 1. The van der Waals surface area contributed by atoms with Crippen molar-refractivity contribution in [3.05, 3.63) is 54.1 Å². The first-order valence-corrected chi connectivity index (χ1v) is 9.17. The number of rotatable bonds is 9. The van der Waals surface area contributed by atoms with Gasteiger partial charge in [-0.15, -0.1) is 0 Å². The molecular weight excluding hydrogens is 326 g/mol. The van der Waals surface area contributed by atoms with Crippen molar-refractivity contribution in [1.82, 2.24) is 20.3 Å². The van der Waals surface area contributed by atoms with E-state index < -0.39 is 0 Å². The number of hydrogen-bond acceptors (Lipinski definition) is 4. The molecule has 0 aliphatic rings. The fourth-order valence-electron chi connectivity index (χ4n) is 2.91. The minimum atomic E-state index is -0.177. The SMILES string of the molecule is CCCCCNc1cc(C(=O)NCCc2c[nH]c3ccccc23)ncn1. The Morgan fingerprint density at radius 1 is 1.15 bits per heavy atom. The molecule has 136 valence electrons. The molecule has 1 aromatic carbocycles. The highest BCUT2D eigenvalue weighted by Gasteiger charge is 2.09. The Bertz CT molecular complexity index is 858. The first-order valence-electron chi connectivity index (χ1n) is 9.17. The Hall–Kier alpha value is -2.89. The largest absolute Gasteiger partial charge is 0.370 e. The molecule has 3 aromatic rings. The topological polar surface area (TPSA) is 82.7 Å². The number of H-pyrrole nitrogens is 1. The van der Waals surface area contributed by atoms with Gasteiger partial charge in [0, 0.05) is 36.3 Å². The van der Waals surface area contributed by atoms with Gasteiger partial charge in [0.2, 0.25) is 0 Å². The van der Waals surface area contributed by atoms with E-state index in [4.69, 9.17) is 0 Å². The molecule has 3 rings (SSSR count). The Kier molecular flexibility index (Phi) is 6.19. The molecule has 0 saturated carbocycles. The Morgan fingerprint density at radius 2 is 2.04 bits per heavy atom. The molecule has 0 unspecified atom stereocenters. The van der Waals surface area contributed by atoms with Crippen LogP contribution in [0.25, 0.3) is 10.9 Å². The summed E-state index contributed by atoms with van der Waals surface area (Å²) in [6.07, 6.45) is 7.64. The lowest BCUT2D eigenvalue weighted by atomic mass is 10.1. The minimum Gasteiger partial charge on any atom is -0.370 e. The van der Waals surface area contributed by atoms with Gasteiger partial charge in [0.25, 0.3) is 5.91 Å². The van der Waals surface area contributed by atoms with Crippen LogP contribution in [0, 0.1) is 0 Å². The van der Waals surface area contributed by atoms with E-state index in [9.17, 15) is 4.79 Å². The number of fused-ring (bicyclic) bond motifs is 1. The zero-order valence-corrected chi connectivity index (χ0v) is 15.1. The van der Waals surface area contributed by atoms with Gasteiger partial charge in [-0.2, -0.15) is 0 Å². The first kappa shape index (κ1) is 17.9. The molecule has 6 nitrogen and oxygen atoms in total. The van der Waals surface area contributed by atoms with Crippen LogP contribution in [-0.4, -0.2) is 33.9 Å². The highest BCUT2D eigenvalue weighted by atomic mass is 16.1. The fourth-order valence-corrected chi connectivity index (χ4v) is 2.91. The second kappa shape index (κ2) is 8.99. The molecule has 1 amide bonds. The van der Waals surface area contributed by atoms with E-state index in [0.717, 1.165) is 24.9 Å². The van der Waals surface area contributed by atoms with Crippen LogP contribution in [0.15, 0.2) is 42.9 Å². The van der Waals surface area contributed by atoms with Gasteiger partial charge >= 0.3 is 0 Å². The van der Waals surface area contributed by atoms with Gasteiger partial charge in [0.05, 0.1) is 0 Å². The summed E-state index contributed by atoms with van der Waals surface area (Å²) in [6.45, 7) is 3.58. The van der Waals surface area contributed by atoms with Crippen LogP contribution in [0.2, 0.25) is 0 Å². The molecule has 0 saturated heterocycles. The van der Waals surface area contributed by atoms with Gasteiger partial charge in [-0.05, 0) is 24.5 Å². The van der Waals surface area contributed by atoms with E-state index in [1.165, 1.54) is 30.1 Å². The van der Waals surface area contributed by atoms with E-state index in [2.05, 4.69) is 38.6 Å². The van der Waals surface area contributed by atoms with Crippen molar-refractivity contribution in [2.75, 3.05) is 18.4 Å².